The van der Waals surface area contributed by atoms with Gasteiger partial charge in [0.2, 0.25) is 0 Å². The van der Waals surface area contributed by atoms with Crippen molar-refractivity contribution in [2.45, 2.75) is 44.6 Å². The van der Waals surface area contributed by atoms with Crippen LogP contribution in [0.4, 0.5) is 0 Å². The lowest BCUT2D eigenvalue weighted by Gasteiger charge is -2.22. The fourth-order valence-electron chi connectivity index (χ4n) is 4.40. The zero-order valence-electron chi connectivity index (χ0n) is 16.1. The van der Waals surface area contributed by atoms with Gasteiger partial charge in [-0.05, 0) is 61.5 Å². The van der Waals surface area contributed by atoms with Crippen LogP contribution < -0.4 is 0 Å². The summed E-state index contributed by atoms with van der Waals surface area (Å²) in [5.74, 6) is 1.46. The molecule has 1 aliphatic carbocycles. The number of para-hydroxylation sites is 2. The molecule has 29 heavy (non-hydrogen) atoms. The van der Waals surface area contributed by atoms with E-state index in [2.05, 4.69) is 38.5 Å². The number of halogens is 1. The second-order valence-electron chi connectivity index (χ2n) is 7.81. The highest BCUT2D eigenvalue weighted by Gasteiger charge is 2.22. The lowest BCUT2D eigenvalue weighted by molar-refractivity contribution is 0.432. The summed E-state index contributed by atoms with van der Waals surface area (Å²) >= 11 is 12.1. The molecule has 0 spiro atoms. The maximum atomic E-state index is 6.13. The summed E-state index contributed by atoms with van der Waals surface area (Å²) in [6.07, 6.45) is 8.58. The van der Waals surface area contributed by atoms with Crippen molar-refractivity contribution < 1.29 is 0 Å². The number of fused-ring (bicyclic) bond motifs is 1. The van der Waals surface area contributed by atoms with Crippen molar-refractivity contribution in [2.75, 3.05) is 0 Å². The van der Waals surface area contributed by atoms with Crippen LogP contribution in [0, 0.1) is 4.77 Å². The summed E-state index contributed by atoms with van der Waals surface area (Å²) in [6, 6.07) is 16.1. The quantitative estimate of drug-likeness (QED) is 0.374. The SMILES string of the molecule is S=c1n(Cc2nc3ccccc3[nH]2)cc(C2CCCCC2)n1-c1ccc(Cl)cc1. The maximum Gasteiger partial charge on any atom is 0.185 e. The first-order valence-corrected chi connectivity index (χ1v) is 11.0. The second kappa shape index (κ2) is 7.81. The molecule has 2 aromatic carbocycles. The van der Waals surface area contributed by atoms with Crippen LogP contribution in [0.15, 0.2) is 54.7 Å². The van der Waals surface area contributed by atoms with Crippen molar-refractivity contribution in [3.8, 4) is 5.69 Å². The number of nitrogens with one attached hydrogen (secondary N) is 1. The Morgan fingerprint density at radius 2 is 1.79 bits per heavy atom. The number of rotatable bonds is 4. The van der Waals surface area contributed by atoms with Crippen LogP contribution in [0.25, 0.3) is 16.7 Å². The van der Waals surface area contributed by atoms with E-state index in [0.717, 1.165) is 32.3 Å². The monoisotopic (exact) mass is 422 g/mol. The highest BCUT2D eigenvalue weighted by Crippen LogP contribution is 2.34. The van der Waals surface area contributed by atoms with E-state index in [1.807, 2.05) is 30.3 Å². The van der Waals surface area contributed by atoms with Crippen molar-refractivity contribution in [2.24, 2.45) is 0 Å². The van der Waals surface area contributed by atoms with Gasteiger partial charge >= 0.3 is 0 Å². The summed E-state index contributed by atoms with van der Waals surface area (Å²) in [6.45, 7) is 0.633. The Morgan fingerprint density at radius 3 is 2.55 bits per heavy atom. The number of aromatic amines is 1. The minimum Gasteiger partial charge on any atom is -0.340 e. The molecular weight excluding hydrogens is 400 g/mol. The van der Waals surface area contributed by atoms with Gasteiger partial charge < -0.3 is 9.55 Å². The molecule has 148 valence electrons. The van der Waals surface area contributed by atoms with Crippen LogP contribution in [-0.4, -0.2) is 19.1 Å². The predicted octanol–water partition coefficient (Wildman–Crippen LogP) is 6.63. The number of aromatic nitrogens is 4. The first-order chi connectivity index (χ1) is 14.2. The lowest BCUT2D eigenvalue weighted by atomic mass is 9.87. The predicted molar refractivity (Wildman–Crippen MR) is 121 cm³/mol. The third-order valence-corrected chi connectivity index (χ3v) is 6.52. The van der Waals surface area contributed by atoms with Crippen molar-refractivity contribution in [1.82, 2.24) is 19.1 Å². The molecule has 1 fully saturated rings. The number of nitrogens with zero attached hydrogens (tertiary/aromatic N) is 3. The Bertz CT molecular complexity index is 1160. The Labute approximate surface area is 180 Å². The Kier molecular flexibility index (Phi) is 5.02. The van der Waals surface area contributed by atoms with Crippen molar-refractivity contribution in [3.05, 3.63) is 76.0 Å². The van der Waals surface area contributed by atoms with E-state index < -0.39 is 0 Å². The molecular formula is C23H23ClN4S. The summed E-state index contributed by atoms with van der Waals surface area (Å²) in [4.78, 5) is 8.16. The summed E-state index contributed by atoms with van der Waals surface area (Å²) in [7, 11) is 0. The van der Waals surface area contributed by atoms with Crippen LogP contribution in [0.3, 0.4) is 0 Å². The van der Waals surface area contributed by atoms with Gasteiger partial charge in [-0.1, -0.05) is 43.0 Å². The average Bonchev–Trinajstić information content (AvgIpc) is 3.30. The molecule has 1 saturated carbocycles. The molecule has 6 heteroatoms. The topological polar surface area (TPSA) is 38.5 Å². The van der Waals surface area contributed by atoms with E-state index >= 15 is 0 Å². The van der Waals surface area contributed by atoms with E-state index in [4.69, 9.17) is 28.8 Å². The average molecular weight is 423 g/mol. The molecule has 0 atom stereocenters. The third-order valence-electron chi connectivity index (χ3n) is 5.85. The molecule has 0 aliphatic heterocycles. The van der Waals surface area contributed by atoms with Gasteiger partial charge in [-0.25, -0.2) is 4.98 Å². The summed E-state index contributed by atoms with van der Waals surface area (Å²) < 4.78 is 5.17. The number of hydrogen-bond donors (Lipinski definition) is 1. The van der Waals surface area contributed by atoms with Gasteiger partial charge in [0.15, 0.2) is 4.77 Å². The molecule has 1 aliphatic rings. The van der Waals surface area contributed by atoms with Crippen molar-refractivity contribution in [3.63, 3.8) is 0 Å². The molecule has 0 unspecified atom stereocenters. The normalized spacial score (nSPS) is 15.2. The smallest absolute Gasteiger partial charge is 0.185 e. The fourth-order valence-corrected chi connectivity index (χ4v) is 4.86. The molecule has 4 aromatic rings. The van der Waals surface area contributed by atoms with Gasteiger partial charge in [-0.15, -0.1) is 0 Å². The van der Waals surface area contributed by atoms with E-state index in [0.29, 0.717) is 12.5 Å². The molecule has 1 N–H and O–H groups in total. The largest absolute Gasteiger partial charge is 0.340 e. The van der Waals surface area contributed by atoms with Crippen molar-refractivity contribution in [1.29, 1.82) is 0 Å². The van der Waals surface area contributed by atoms with E-state index in [1.54, 1.807) is 0 Å². The van der Waals surface area contributed by atoms with Gasteiger partial charge in [-0.2, -0.15) is 0 Å². The summed E-state index contributed by atoms with van der Waals surface area (Å²) in [5.41, 5.74) is 4.41. The molecule has 4 nitrogen and oxygen atoms in total. The lowest BCUT2D eigenvalue weighted by Crippen LogP contribution is -2.10. The van der Waals surface area contributed by atoms with Crippen LogP contribution in [0.1, 0.15) is 49.5 Å². The standard InChI is InChI=1S/C23H23ClN4S/c24-17-10-12-18(13-11-17)28-21(16-6-2-1-3-7-16)14-27(23(28)29)15-22-25-19-8-4-5-9-20(19)26-22/h4-5,8-14,16H,1-3,6-7,15H2,(H,25,26). The minimum atomic E-state index is 0.540. The van der Waals surface area contributed by atoms with Crippen molar-refractivity contribution >= 4 is 34.9 Å². The van der Waals surface area contributed by atoms with Crippen LogP contribution in [-0.2, 0) is 6.54 Å². The van der Waals surface area contributed by atoms with E-state index in [-0.39, 0.29) is 0 Å². The number of imidazole rings is 2. The molecule has 0 bridgehead atoms. The highest BCUT2D eigenvalue weighted by atomic mass is 35.5. The third kappa shape index (κ3) is 3.65. The highest BCUT2D eigenvalue weighted by molar-refractivity contribution is 7.71. The van der Waals surface area contributed by atoms with Gasteiger partial charge in [0.05, 0.1) is 17.6 Å². The number of hydrogen-bond acceptors (Lipinski definition) is 2. The second-order valence-corrected chi connectivity index (χ2v) is 8.61. The molecule has 0 amide bonds. The number of benzene rings is 2. The van der Waals surface area contributed by atoms with E-state index in [9.17, 15) is 0 Å². The van der Waals surface area contributed by atoms with Gasteiger partial charge in [0.25, 0.3) is 0 Å². The molecule has 5 rings (SSSR count). The molecule has 0 radical (unpaired) electrons. The van der Waals surface area contributed by atoms with Crippen LogP contribution in [0.2, 0.25) is 5.02 Å². The Balaban J connectivity index is 1.58. The molecule has 2 heterocycles. The maximum absolute atomic E-state index is 6.13. The zero-order valence-corrected chi connectivity index (χ0v) is 17.7. The van der Waals surface area contributed by atoms with Gasteiger partial charge in [0, 0.05) is 28.5 Å². The molecule has 2 aromatic heterocycles. The zero-order chi connectivity index (χ0) is 19.8. The van der Waals surface area contributed by atoms with Gasteiger partial charge in [-0.3, -0.25) is 4.57 Å². The minimum absolute atomic E-state index is 0.540. The Morgan fingerprint density at radius 1 is 1.03 bits per heavy atom. The van der Waals surface area contributed by atoms with E-state index in [1.165, 1.54) is 37.8 Å². The summed E-state index contributed by atoms with van der Waals surface area (Å²) in [5, 5.41) is 0.737. The van der Waals surface area contributed by atoms with Crippen LogP contribution >= 0.6 is 23.8 Å². The van der Waals surface area contributed by atoms with Gasteiger partial charge in [0.1, 0.15) is 5.82 Å². The fraction of sp³-hybridized carbons (Fsp3) is 0.304. The number of H-pyrrole nitrogens is 1. The Hall–Kier alpha value is -2.37. The van der Waals surface area contributed by atoms with Crippen LogP contribution in [0.5, 0.6) is 0 Å². The first-order valence-electron chi connectivity index (χ1n) is 10.2. The molecule has 0 saturated heterocycles. The first kappa shape index (κ1) is 18.6.